The highest BCUT2D eigenvalue weighted by Gasteiger charge is 2.24. The Morgan fingerprint density at radius 2 is 1.91 bits per heavy atom. The average molecular weight is 481 g/mol. The van der Waals surface area contributed by atoms with Crippen LogP contribution in [0.3, 0.4) is 0 Å². The number of aryl methyl sites for hydroxylation is 2. The van der Waals surface area contributed by atoms with Crippen molar-refractivity contribution < 1.29 is 22.4 Å². The van der Waals surface area contributed by atoms with Crippen LogP contribution >= 0.6 is 11.3 Å². The quantitative estimate of drug-likeness (QED) is 0.379. The summed E-state index contributed by atoms with van der Waals surface area (Å²) >= 11 is 1.21. The number of nitrogens with zero attached hydrogens (tertiary/aromatic N) is 6. The van der Waals surface area contributed by atoms with E-state index in [2.05, 4.69) is 25.5 Å². The molecule has 1 N–H and O–H groups in total. The van der Waals surface area contributed by atoms with E-state index in [0.29, 0.717) is 23.4 Å². The number of anilines is 1. The second-order valence-electron chi connectivity index (χ2n) is 7.22. The van der Waals surface area contributed by atoms with Crippen molar-refractivity contribution in [2.75, 3.05) is 5.32 Å². The minimum Gasteiger partial charge on any atom is -0.300 e. The molecule has 0 saturated heterocycles. The monoisotopic (exact) mass is 481 g/mol. The third kappa shape index (κ3) is 4.32. The van der Waals surface area contributed by atoms with Crippen LogP contribution in [-0.2, 0) is 17.9 Å². The van der Waals surface area contributed by atoms with Crippen molar-refractivity contribution in [2.24, 2.45) is 0 Å². The molecule has 0 aliphatic rings. The molecule has 4 aromatic rings. The zero-order valence-electron chi connectivity index (χ0n) is 17.8. The predicted octanol–water partition coefficient (Wildman–Crippen LogP) is 4.90. The van der Waals surface area contributed by atoms with Crippen LogP contribution in [0.15, 0.2) is 17.6 Å². The standard InChI is InChI=1S/C20H19F4N7OS/c1-4-30-10(3)12(6-25-30)14-8-33-20(27-14)28-15(32)7-31-19-16(9(2)29-31)11(17(21)22)5-13(26-19)18(23)24/h5-6,8,17-18H,4,7H2,1-3H3,(H,27,28,32). The van der Waals surface area contributed by atoms with Gasteiger partial charge in [-0.2, -0.15) is 10.2 Å². The summed E-state index contributed by atoms with van der Waals surface area (Å²) in [6.45, 7) is 5.65. The van der Waals surface area contributed by atoms with E-state index in [0.717, 1.165) is 15.9 Å². The van der Waals surface area contributed by atoms with E-state index in [9.17, 15) is 22.4 Å². The Morgan fingerprint density at radius 1 is 1.15 bits per heavy atom. The lowest BCUT2D eigenvalue weighted by Crippen LogP contribution is -2.20. The van der Waals surface area contributed by atoms with Gasteiger partial charge in [-0.3, -0.25) is 9.48 Å². The fourth-order valence-electron chi connectivity index (χ4n) is 3.57. The fourth-order valence-corrected chi connectivity index (χ4v) is 4.29. The van der Waals surface area contributed by atoms with Crippen molar-refractivity contribution in [3.63, 3.8) is 0 Å². The number of carbonyl (C=O) groups is 1. The number of thiazole rings is 1. The Hall–Kier alpha value is -3.35. The van der Waals surface area contributed by atoms with Crippen molar-refractivity contribution in [1.29, 1.82) is 0 Å². The van der Waals surface area contributed by atoms with E-state index in [4.69, 9.17) is 0 Å². The van der Waals surface area contributed by atoms with Gasteiger partial charge in [-0.15, -0.1) is 11.3 Å². The first-order valence-electron chi connectivity index (χ1n) is 9.92. The lowest BCUT2D eigenvalue weighted by molar-refractivity contribution is -0.116. The minimum absolute atomic E-state index is 0.0397. The maximum Gasteiger partial charge on any atom is 0.280 e. The van der Waals surface area contributed by atoms with Crippen molar-refractivity contribution in [1.82, 2.24) is 29.5 Å². The molecule has 0 aliphatic heterocycles. The highest BCUT2D eigenvalue weighted by Crippen LogP contribution is 2.33. The van der Waals surface area contributed by atoms with Crippen molar-refractivity contribution in [2.45, 2.75) is 46.7 Å². The summed E-state index contributed by atoms with van der Waals surface area (Å²) < 4.78 is 56.2. The maximum atomic E-state index is 13.5. The Kier molecular flexibility index (Phi) is 6.15. The van der Waals surface area contributed by atoms with Crippen LogP contribution in [0, 0.1) is 13.8 Å². The number of aromatic nitrogens is 6. The van der Waals surface area contributed by atoms with E-state index in [1.807, 2.05) is 18.5 Å². The zero-order valence-corrected chi connectivity index (χ0v) is 18.6. The van der Waals surface area contributed by atoms with Gasteiger partial charge in [0.2, 0.25) is 5.91 Å². The van der Waals surface area contributed by atoms with Crippen molar-refractivity contribution in [3.8, 4) is 11.3 Å². The summed E-state index contributed by atoms with van der Waals surface area (Å²) in [5, 5.41) is 13.0. The third-order valence-corrected chi connectivity index (χ3v) is 5.87. The number of amides is 1. The smallest absolute Gasteiger partial charge is 0.280 e. The molecule has 4 heterocycles. The normalized spacial score (nSPS) is 11.8. The van der Waals surface area contributed by atoms with Crippen LogP contribution in [-0.4, -0.2) is 35.4 Å². The minimum atomic E-state index is -3.04. The third-order valence-electron chi connectivity index (χ3n) is 5.11. The Balaban J connectivity index is 1.59. The van der Waals surface area contributed by atoms with Crippen LogP contribution in [0.1, 0.15) is 42.4 Å². The van der Waals surface area contributed by atoms with E-state index in [1.54, 1.807) is 11.6 Å². The molecule has 0 aliphatic carbocycles. The zero-order chi connectivity index (χ0) is 23.9. The van der Waals surface area contributed by atoms with E-state index < -0.39 is 36.6 Å². The summed E-state index contributed by atoms with van der Waals surface area (Å²) in [5.74, 6) is -0.552. The molecule has 0 bridgehead atoms. The summed E-state index contributed by atoms with van der Waals surface area (Å²) in [6.07, 6.45) is -4.34. The summed E-state index contributed by atoms with van der Waals surface area (Å²) in [7, 11) is 0. The first kappa shape index (κ1) is 22.8. The number of alkyl halides is 4. The van der Waals surface area contributed by atoms with Crippen LogP contribution < -0.4 is 5.32 Å². The lowest BCUT2D eigenvalue weighted by atomic mass is 10.1. The topological polar surface area (TPSA) is 90.5 Å². The van der Waals surface area contributed by atoms with Crippen molar-refractivity contribution >= 4 is 33.4 Å². The largest absolute Gasteiger partial charge is 0.300 e. The molecule has 0 fully saturated rings. The molecule has 13 heteroatoms. The van der Waals surface area contributed by atoms with Gasteiger partial charge in [-0.25, -0.2) is 32.2 Å². The molecule has 0 spiro atoms. The lowest BCUT2D eigenvalue weighted by Gasteiger charge is -2.08. The van der Waals surface area contributed by atoms with Gasteiger partial charge in [0.05, 0.1) is 23.0 Å². The van der Waals surface area contributed by atoms with E-state index >= 15 is 0 Å². The van der Waals surface area contributed by atoms with Crippen LogP contribution in [0.2, 0.25) is 0 Å². The molecular weight excluding hydrogens is 462 g/mol. The Bertz CT molecular complexity index is 1330. The van der Waals surface area contributed by atoms with Crippen LogP contribution in [0.25, 0.3) is 22.3 Å². The van der Waals surface area contributed by atoms with Crippen LogP contribution in [0.5, 0.6) is 0 Å². The molecule has 0 unspecified atom stereocenters. The molecule has 0 atom stereocenters. The number of carbonyl (C=O) groups excluding carboxylic acids is 1. The van der Waals surface area contributed by atoms with Gasteiger partial charge in [0.1, 0.15) is 12.2 Å². The van der Waals surface area contributed by atoms with Gasteiger partial charge in [-0.1, -0.05) is 0 Å². The second-order valence-corrected chi connectivity index (χ2v) is 8.08. The molecule has 4 rings (SSSR count). The first-order chi connectivity index (χ1) is 15.7. The van der Waals surface area contributed by atoms with Gasteiger partial charge in [0, 0.05) is 28.7 Å². The molecule has 174 valence electrons. The maximum absolute atomic E-state index is 13.5. The van der Waals surface area contributed by atoms with Crippen molar-refractivity contribution in [3.05, 3.63) is 40.3 Å². The molecular formula is C20H19F4N7OS. The molecule has 1 amide bonds. The molecule has 8 nitrogen and oxygen atoms in total. The van der Waals surface area contributed by atoms with Gasteiger partial charge in [0.15, 0.2) is 10.8 Å². The fraction of sp³-hybridized carbons (Fsp3) is 0.350. The summed E-state index contributed by atoms with van der Waals surface area (Å²) in [4.78, 5) is 20.8. The number of halogens is 4. The summed E-state index contributed by atoms with van der Waals surface area (Å²) in [6, 6.07) is 0.677. The van der Waals surface area contributed by atoms with E-state index in [1.165, 1.54) is 18.3 Å². The van der Waals surface area contributed by atoms with Gasteiger partial charge in [0.25, 0.3) is 12.9 Å². The number of fused-ring (bicyclic) bond motifs is 1. The molecule has 33 heavy (non-hydrogen) atoms. The first-order valence-corrected chi connectivity index (χ1v) is 10.8. The Morgan fingerprint density at radius 3 is 2.55 bits per heavy atom. The summed E-state index contributed by atoms with van der Waals surface area (Å²) in [5.41, 5.74) is 1.01. The van der Waals surface area contributed by atoms with Gasteiger partial charge in [-0.05, 0) is 26.8 Å². The van der Waals surface area contributed by atoms with Gasteiger partial charge >= 0.3 is 0 Å². The van der Waals surface area contributed by atoms with Crippen LogP contribution in [0.4, 0.5) is 22.7 Å². The molecule has 0 aromatic carbocycles. The number of hydrogen-bond donors (Lipinski definition) is 1. The number of nitrogens with one attached hydrogen (secondary N) is 1. The highest BCUT2D eigenvalue weighted by atomic mass is 32.1. The predicted molar refractivity (Wildman–Crippen MR) is 115 cm³/mol. The molecule has 0 radical (unpaired) electrons. The van der Waals surface area contributed by atoms with Gasteiger partial charge < -0.3 is 5.32 Å². The number of pyridine rings is 1. The molecule has 4 aromatic heterocycles. The molecule has 0 saturated carbocycles. The Labute approximate surface area is 189 Å². The number of rotatable bonds is 7. The second kappa shape index (κ2) is 8.89. The number of hydrogen-bond acceptors (Lipinski definition) is 6. The highest BCUT2D eigenvalue weighted by molar-refractivity contribution is 7.14. The average Bonchev–Trinajstić information content (AvgIpc) is 3.45. The SMILES string of the molecule is CCn1ncc(-c2csc(NC(=O)Cn3nc(C)c4c(C(F)F)cc(C(F)F)nc43)n2)c1C. The van der Waals surface area contributed by atoms with E-state index in [-0.39, 0.29) is 16.7 Å².